The number of piperidine rings is 1. The van der Waals surface area contributed by atoms with Gasteiger partial charge in [-0.2, -0.15) is 0 Å². The van der Waals surface area contributed by atoms with Crippen molar-refractivity contribution >= 4 is 40.8 Å². The summed E-state index contributed by atoms with van der Waals surface area (Å²) in [7, 11) is 0. The van der Waals surface area contributed by atoms with Gasteiger partial charge in [0.2, 0.25) is 0 Å². The molecule has 5 nitrogen and oxygen atoms in total. The van der Waals surface area contributed by atoms with Gasteiger partial charge in [0.15, 0.2) is 0 Å². The van der Waals surface area contributed by atoms with E-state index in [9.17, 15) is 9.59 Å². The van der Waals surface area contributed by atoms with E-state index in [0.717, 1.165) is 0 Å². The van der Waals surface area contributed by atoms with Gasteiger partial charge >= 0.3 is 6.03 Å². The molecule has 0 radical (unpaired) electrons. The van der Waals surface area contributed by atoms with Crippen LogP contribution >= 0.6 is 23.2 Å². The fourth-order valence-corrected chi connectivity index (χ4v) is 3.16. The molecule has 2 aromatic rings. The number of anilines is 1. The van der Waals surface area contributed by atoms with Gasteiger partial charge in [-0.3, -0.25) is 4.79 Å². The monoisotopic (exact) mass is 391 g/mol. The lowest BCUT2D eigenvalue weighted by atomic mass is 10.0. The summed E-state index contributed by atoms with van der Waals surface area (Å²) in [4.78, 5) is 26.3. The van der Waals surface area contributed by atoms with E-state index in [1.54, 1.807) is 35.2 Å². The van der Waals surface area contributed by atoms with Gasteiger partial charge in [-0.25, -0.2) is 4.79 Å². The first kappa shape index (κ1) is 18.5. The Balaban J connectivity index is 1.49. The molecule has 1 fully saturated rings. The summed E-state index contributed by atoms with van der Waals surface area (Å²) in [6.45, 7) is 1.15. The number of carbonyl (C=O) groups is 2. The van der Waals surface area contributed by atoms with Crippen LogP contribution in [0.2, 0.25) is 10.0 Å². The van der Waals surface area contributed by atoms with Gasteiger partial charge in [0.25, 0.3) is 5.91 Å². The van der Waals surface area contributed by atoms with Crippen LogP contribution in [-0.2, 0) is 0 Å². The van der Waals surface area contributed by atoms with Crippen LogP contribution in [0.25, 0.3) is 0 Å². The Kier molecular flexibility index (Phi) is 6.01. The molecular formula is C19H19Cl2N3O2. The fraction of sp³-hybridized carbons (Fsp3) is 0.263. The largest absolute Gasteiger partial charge is 0.349 e. The second-order valence-corrected chi connectivity index (χ2v) is 6.97. The third-order valence-electron chi connectivity index (χ3n) is 4.32. The molecule has 3 rings (SSSR count). The number of benzene rings is 2. The number of urea groups is 1. The maximum Gasteiger partial charge on any atom is 0.321 e. The first-order chi connectivity index (χ1) is 12.5. The molecule has 0 unspecified atom stereocenters. The Morgan fingerprint density at radius 3 is 2.31 bits per heavy atom. The van der Waals surface area contributed by atoms with Crippen LogP contribution in [0.1, 0.15) is 23.2 Å². The van der Waals surface area contributed by atoms with Crippen molar-refractivity contribution in [3.8, 4) is 0 Å². The SMILES string of the molecule is O=C(NC1CCN(C(=O)Nc2ccc(Cl)c(Cl)c2)CC1)c1ccccc1. The van der Waals surface area contributed by atoms with E-state index in [2.05, 4.69) is 10.6 Å². The summed E-state index contributed by atoms with van der Waals surface area (Å²) in [5.74, 6) is -0.0793. The molecule has 1 aliphatic heterocycles. The van der Waals surface area contributed by atoms with Crippen LogP contribution in [0.5, 0.6) is 0 Å². The molecule has 3 amide bonds. The molecule has 0 bridgehead atoms. The Bertz CT molecular complexity index is 791. The maximum absolute atomic E-state index is 12.4. The number of halogens is 2. The van der Waals surface area contributed by atoms with E-state index in [-0.39, 0.29) is 18.0 Å². The van der Waals surface area contributed by atoms with Gasteiger partial charge < -0.3 is 15.5 Å². The van der Waals surface area contributed by atoms with Crippen molar-refractivity contribution in [2.24, 2.45) is 0 Å². The number of hydrogen-bond donors (Lipinski definition) is 2. The van der Waals surface area contributed by atoms with Crippen molar-refractivity contribution < 1.29 is 9.59 Å². The van der Waals surface area contributed by atoms with E-state index in [0.29, 0.717) is 47.2 Å². The topological polar surface area (TPSA) is 61.4 Å². The summed E-state index contributed by atoms with van der Waals surface area (Å²) >= 11 is 11.8. The van der Waals surface area contributed by atoms with Crippen molar-refractivity contribution in [1.82, 2.24) is 10.2 Å². The number of amides is 3. The van der Waals surface area contributed by atoms with Crippen molar-refractivity contribution in [1.29, 1.82) is 0 Å². The van der Waals surface area contributed by atoms with Gasteiger partial charge in [0, 0.05) is 30.4 Å². The van der Waals surface area contributed by atoms with Crippen molar-refractivity contribution in [3.05, 3.63) is 64.1 Å². The first-order valence-corrected chi connectivity index (χ1v) is 9.15. The summed E-state index contributed by atoms with van der Waals surface area (Å²) in [6, 6.07) is 14.0. The predicted molar refractivity (Wildman–Crippen MR) is 104 cm³/mol. The number of hydrogen-bond acceptors (Lipinski definition) is 2. The van der Waals surface area contributed by atoms with Crippen LogP contribution in [0, 0.1) is 0 Å². The first-order valence-electron chi connectivity index (χ1n) is 8.40. The Morgan fingerprint density at radius 2 is 1.65 bits per heavy atom. The number of nitrogens with one attached hydrogen (secondary N) is 2. The lowest BCUT2D eigenvalue weighted by Gasteiger charge is -2.32. The third-order valence-corrected chi connectivity index (χ3v) is 5.06. The third kappa shape index (κ3) is 4.68. The summed E-state index contributed by atoms with van der Waals surface area (Å²) in [5, 5.41) is 6.69. The minimum atomic E-state index is -0.184. The van der Waals surface area contributed by atoms with Gasteiger partial charge in [-0.1, -0.05) is 41.4 Å². The lowest BCUT2D eigenvalue weighted by Crippen LogP contribution is -2.47. The molecule has 0 saturated carbocycles. The zero-order valence-electron chi connectivity index (χ0n) is 14.0. The highest BCUT2D eigenvalue weighted by Gasteiger charge is 2.24. The van der Waals surface area contributed by atoms with Crippen LogP contribution < -0.4 is 10.6 Å². The van der Waals surface area contributed by atoms with Crippen LogP contribution in [0.15, 0.2) is 48.5 Å². The molecule has 26 heavy (non-hydrogen) atoms. The van der Waals surface area contributed by atoms with E-state index in [1.165, 1.54) is 0 Å². The highest BCUT2D eigenvalue weighted by atomic mass is 35.5. The summed E-state index contributed by atoms with van der Waals surface area (Å²) in [6.07, 6.45) is 1.43. The molecular weight excluding hydrogens is 373 g/mol. The van der Waals surface area contributed by atoms with Crippen molar-refractivity contribution in [2.45, 2.75) is 18.9 Å². The Labute approximate surface area is 162 Å². The summed E-state index contributed by atoms with van der Waals surface area (Å²) < 4.78 is 0. The average molecular weight is 392 g/mol. The number of nitrogens with zero attached hydrogens (tertiary/aromatic N) is 1. The van der Waals surface area contributed by atoms with E-state index in [4.69, 9.17) is 23.2 Å². The smallest absolute Gasteiger partial charge is 0.321 e. The maximum atomic E-state index is 12.4. The highest BCUT2D eigenvalue weighted by Crippen LogP contribution is 2.25. The minimum absolute atomic E-state index is 0.0664. The molecule has 0 spiro atoms. The van der Waals surface area contributed by atoms with Crippen LogP contribution in [-0.4, -0.2) is 36.0 Å². The van der Waals surface area contributed by atoms with Crippen molar-refractivity contribution in [2.75, 3.05) is 18.4 Å². The average Bonchev–Trinajstić information content (AvgIpc) is 2.66. The highest BCUT2D eigenvalue weighted by molar-refractivity contribution is 6.42. The van der Waals surface area contributed by atoms with Gasteiger partial charge in [0.1, 0.15) is 0 Å². The Hall–Kier alpha value is -2.24. The molecule has 7 heteroatoms. The zero-order valence-corrected chi connectivity index (χ0v) is 15.6. The molecule has 2 N–H and O–H groups in total. The molecule has 0 aromatic heterocycles. The van der Waals surface area contributed by atoms with E-state index < -0.39 is 0 Å². The van der Waals surface area contributed by atoms with Gasteiger partial charge in [-0.15, -0.1) is 0 Å². The molecule has 2 aromatic carbocycles. The van der Waals surface area contributed by atoms with Gasteiger partial charge in [-0.05, 0) is 43.2 Å². The standard InChI is InChI=1S/C19H19Cl2N3O2/c20-16-7-6-15(12-17(16)21)23-19(26)24-10-8-14(9-11-24)22-18(25)13-4-2-1-3-5-13/h1-7,12,14H,8-11H2,(H,22,25)(H,23,26). The van der Waals surface area contributed by atoms with Crippen molar-refractivity contribution in [3.63, 3.8) is 0 Å². The number of rotatable bonds is 3. The molecule has 1 aliphatic rings. The van der Waals surface area contributed by atoms with E-state index >= 15 is 0 Å². The van der Waals surface area contributed by atoms with Crippen LogP contribution in [0.3, 0.4) is 0 Å². The normalized spacial score (nSPS) is 14.8. The molecule has 1 saturated heterocycles. The molecule has 0 atom stereocenters. The molecule has 0 aliphatic carbocycles. The second-order valence-electron chi connectivity index (χ2n) is 6.16. The van der Waals surface area contributed by atoms with Crippen LogP contribution in [0.4, 0.5) is 10.5 Å². The van der Waals surface area contributed by atoms with E-state index in [1.807, 2.05) is 18.2 Å². The molecule has 1 heterocycles. The number of carbonyl (C=O) groups excluding carboxylic acids is 2. The minimum Gasteiger partial charge on any atom is -0.349 e. The zero-order chi connectivity index (χ0) is 18.5. The van der Waals surface area contributed by atoms with Gasteiger partial charge in [0.05, 0.1) is 10.0 Å². The fourth-order valence-electron chi connectivity index (χ4n) is 2.86. The quantitative estimate of drug-likeness (QED) is 0.813. The Morgan fingerprint density at radius 1 is 0.962 bits per heavy atom. The number of likely N-dealkylation sites (tertiary alicyclic amines) is 1. The lowest BCUT2D eigenvalue weighted by molar-refractivity contribution is 0.0919. The summed E-state index contributed by atoms with van der Waals surface area (Å²) in [5.41, 5.74) is 1.25. The predicted octanol–water partition coefficient (Wildman–Crippen LogP) is 4.42. The molecule has 136 valence electrons. The second kappa shape index (κ2) is 8.43.